The summed E-state index contributed by atoms with van der Waals surface area (Å²) in [5.41, 5.74) is 0.752. The van der Waals surface area contributed by atoms with Gasteiger partial charge >= 0.3 is 6.18 Å². The van der Waals surface area contributed by atoms with Crippen LogP contribution in [-0.2, 0) is 19.2 Å². The molecule has 0 saturated carbocycles. The second-order valence-corrected chi connectivity index (χ2v) is 6.96. The number of benzene rings is 1. The third-order valence-electron chi connectivity index (χ3n) is 4.32. The first-order chi connectivity index (χ1) is 14.2. The Bertz CT molecular complexity index is 1020. The minimum absolute atomic E-state index is 0.0250. The molecule has 10 heteroatoms. The van der Waals surface area contributed by atoms with Gasteiger partial charge in [-0.25, -0.2) is 4.98 Å². The molecule has 3 aromatic rings. The van der Waals surface area contributed by atoms with Crippen LogP contribution in [0.1, 0.15) is 48.3 Å². The van der Waals surface area contributed by atoms with E-state index in [0.29, 0.717) is 29.4 Å². The zero-order chi connectivity index (χ0) is 21.9. The number of aryl methyl sites for hydroxylation is 1. The molecule has 0 aliphatic rings. The van der Waals surface area contributed by atoms with Crippen LogP contribution in [0.25, 0.3) is 11.4 Å². The zero-order valence-corrected chi connectivity index (χ0v) is 16.7. The lowest BCUT2D eigenvalue weighted by molar-refractivity contribution is -0.137. The largest absolute Gasteiger partial charge is 0.467 e. The molecular weight excluding hydrogens is 401 g/mol. The van der Waals surface area contributed by atoms with E-state index in [2.05, 4.69) is 20.1 Å². The van der Waals surface area contributed by atoms with Gasteiger partial charge in [-0.1, -0.05) is 31.1 Å². The molecule has 0 bridgehead atoms. The van der Waals surface area contributed by atoms with E-state index in [9.17, 15) is 18.3 Å². The molecule has 2 aromatic heterocycles. The normalized spacial score (nSPS) is 11.9. The molecule has 0 atom stereocenters. The van der Waals surface area contributed by atoms with E-state index in [-0.39, 0.29) is 36.4 Å². The van der Waals surface area contributed by atoms with Gasteiger partial charge in [-0.05, 0) is 19.1 Å². The number of halogens is 3. The van der Waals surface area contributed by atoms with Crippen LogP contribution in [0.2, 0.25) is 0 Å². The summed E-state index contributed by atoms with van der Waals surface area (Å²) in [5.74, 6) is 1.08. The average Bonchev–Trinajstić information content (AvgIpc) is 3.16. The Hall–Kier alpha value is -3.01. The monoisotopic (exact) mass is 422 g/mol. The maximum Gasteiger partial charge on any atom is 0.416 e. The lowest BCUT2D eigenvalue weighted by Crippen LogP contribution is -2.10. The van der Waals surface area contributed by atoms with Crippen LogP contribution in [-0.4, -0.2) is 31.8 Å². The van der Waals surface area contributed by atoms with Crippen LogP contribution in [0.3, 0.4) is 0 Å². The van der Waals surface area contributed by atoms with Crippen molar-refractivity contribution in [1.29, 1.82) is 0 Å². The van der Waals surface area contributed by atoms with Crippen LogP contribution in [0.4, 0.5) is 13.2 Å². The number of aromatic nitrogens is 4. The molecule has 30 heavy (non-hydrogen) atoms. The third kappa shape index (κ3) is 4.93. The van der Waals surface area contributed by atoms with Crippen molar-refractivity contribution in [2.24, 2.45) is 0 Å². The molecule has 0 aliphatic heterocycles. The topological polar surface area (TPSA) is 94.2 Å². The Morgan fingerprint density at radius 3 is 2.60 bits per heavy atom. The van der Waals surface area contributed by atoms with E-state index in [0.717, 1.165) is 12.1 Å². The highest BCUT2D eigenvalue weighted by Gasteiger charge is 2.30. The molecule has 0 unspecified atom stereocenters. The van der Waals surface area contributed by atoms with Crippen molar-refractivity contribution in [2.45, 2.75) is 45.9 Å². The van der Waals surface area contributed by atoms with Crippen LogP contribution < -0.4 is 4.74 Å². The summed E-state index contributed by atoms with van der Waals surface area (Å²) >= 11 is 0. The number of aliphatic hydroxyl groups excluding tert-OH is 1. The molecule has 1 N–H and O–H groups in total. The number of alkyl halides is 3. The van der Waals surface area contributed by atoms with Crippen molar-refractivity contribution in [2.75, 3.05) is 6.61 Å². The fourth-order valence-electron chi connectivity index (χ4n) is 2.76. The second kappa shape index (κ2) is 8.78. The molecule has 0 spiro atoms. The number of ether oxygens (including phenoxy) is 1. The zero-order valence-electron chi connectivity index (χ0n) is 16.7. The number of hydrogen-bond acceptors (Lipinski definition) is 7. The Balaban J connectivity index is 1.81. The number of rotatable bonds is 7. The predicted octanol–water partition coefficient (Wildman–Crippen LogP) is 4.09. The van der Waals surface area contributed by atoms with E-state index in [1.54, 1.807) is 0 Å². The molecule has 2 heterocycles. The highest BCUT2D eigenvalue weighted by Crippen LogP contribution is 2.31. The molecule has 7 nitrogen and oxygen atoms in total. The van der Waals surface area contributed by atoms with Gasteiger partial charge in [-0.15, -0.1) is 0 Å². The smallest absolute Gasteiger partial charge is 0.416 e. The first-order valence-electron chi connectivity index (χ1n) is 9.30. The van der Waals surface area contributed by atoms with E-state index in [1.165, 1.54) is 12.1 Å². The van der Waals surface area contributed by atoms with Crippen LogP contribution in [0.15, 0.2) is 28.8 Å². The summed E-state index contributed by atoms with van der Waals surface area (Å²) in [6.45, 7) is 5.48. The highest BCUT2D eigenvalue weighted by molar-refractivity contribution is 5.55. The van der Waals surface area contributed by atoms with Crippen LogP contribution >= 0.6 is 0 Å². The summed E-state index contributed by atoms with van der Waals surface area (Å²) in [7, 11) is 0. The Morgan fingerprint density at radius 2 is 1.93 bits per heavy atom. The average molecular weight is 422 g/mol. The Labute approximate surface area is 170 Å². The molecule has 160 valence electrons. The molecule has 0 fully saturated rings. The molecule has 0 radical (unpaired) electrons. The van der Waals surface area contributed by atoms with E-state index >= 15 is 0 Å². The van der Waals surface area contributed by atoms with Gasteiger partial charge in [0.2, 0.25) is 11.7 Å². The lowest BCUT2D eigenvalue weighted by Gasteiger charge is -2.14. The Kier molecular flexibility index (Phi) is 6.35. The fourth-order valence-corrected chi connectivity index (χ4v) is 2.76. The van der Waals surface area contributed by atoms with Crippen molar-refractivity contribution in [1.82, 2.24) is 20.1 Å². The molecule has 1 aromatic carbocycles. The summed E-state index contributed by atoms with van der Waals surface area (Å²) in [4.78, 5) is 13.0. The summed E-state index contributed by atoms with van der Waals surface area (Å²) in [6, 6.07) is 4.67. The highest BCUT2D eigenvalue weighted by atomic mass is 19.4. The van der Waals surface area contributed by atoms with E-state index in [4.69, 9.17) is 9.26 Å². The quantitative estimate of drug-likeness (QED) is 0.613. The summed E-state index contributed by atoms with van der Waals surface area (Å²) in [6.07, 6.45) is -4.15. The first-order valence-corrected chi connectivity index (χ1v) is 9.30. The minimum atomic E-state index is -4.46. The van der Waals surface area contributed by atoms with Crippen LogP contribution in [0.5, 0.6) is 5.88 Å². The summed E-state index contributed by atoms with van der Waals surface area (Å²) in [5, 5.41) is 13.0. The number of hydrogen-bond donors (Lipinski definition) is 1. The van der Waals surface area contributed by atoms with Crippen LogP contribution in [0, 0.1) is 6.92 Å². The number of aliphatic hydroxyl groups is 1. The standard InChI is InChI=1S/C20H21F3N4O3/c1-11(2)17-24-12(3)15(7-8-28)19(26-17)29-10-16-25-18(27-30-16)13-5-4-6-14(9-13)20(21,22)23/h4-6,9,11,28H,7-8,10H2,1-3H3. The van der Waals surface area contributed by atoms with Gasteiger partial charge in [0, 0.05) is 35.8 Å². The molecule has 0 aliphatic carbocycles. The predicted molar refractivity (Wildman–Crippen MR) is 101 cm³/mol. The van der Waals surface area contributed by atoms with Gasteiger partial charge in [-0.3, -0.25) is 0 Å². The fraction of sp³-hybridized carbons (Fsp3) is 0.400. The van der Waals surface area contributed by atoms with Gasteiger partial charge in [0.05, 0.1) is 5.56 Å². The SMILES string of the molecule is Cc1nc(C(C)C)nc(OCc2nc(-c3cccc(C(F)(F)F)c3)no2)c1CCO. The lowest BCUT2D eigenvalue weighted by atomic mass is 10.1. The number of nitrogens with zero attached hydrogens (tertiary/aromatic N) is 4. The molecular formula is C20H21F3N4O3. The van der Waals surface area contributed by atoms with Gasteiger partial charge in [0.15, 0.2) is 6.61 Å². The van der Waals surface area contributed by atoms with Crippen molar-refractivity contribution in [3.63, 3.8) is 0 Å². The molecule has 0 amide bonds. The van der Waals surface area contributed by atoms with Gasteiger partial charge < -0.3 is 14.4 Å². The van der Waals surface area contributed by atoms with Crippen molar-refractivity contribution in [3.05, 3.63) is 52.8 Å². The van der Waals surface area contributed by atoms with Gasteiger partial charge in [-0.2, -0.15) is 23.1 Å². The maximum atomic E-state index is 12.9. The van der Waals surface area contributed by atoms with E-state index < -0.39 is 11.7 Å². The van der Waals surface area contributed by atoms with Crippen molar-refractivity contribution < 1.29 is 27.5 Å². The maximum absolute atomic E-state index is 12.9. The van der Waals surface area contributed by atoms with Crippen molar-refractivity contribution >= 4 is 0 Å². The third-order valence-corrected chi connectivity index (χ3v) is 4.32. The van der Waals surface area contributed by atoms with Crippen molar-refractivity contribution in [3.8, 4) is 17.3 Å². The first kappa shape index (κ1) is 21.7. The molecule has 3 rings (SSSR count). The minimum Gasteiger partial charge on any atom is -0.467 e. The van der Waals surface area contributed by atoms with Gasteiger partial charge in [0.1, 0.15) is 5.82 Å². The Morgan fingerprint density at radius 1 is 1.17 bits per heavy atom. The molecule has 0 saturated heterocycles. The summed E-state index contributed by atoms with van der Waals surface area (Å²) < 4.78 is 49.6. The van der Waals surface area contributed by atoms with E-state index in [1.807, 2.05) is 20.8 Å². The second-order valence-electron chi connectivity index (χ2n) is 6.96. The van der Waals surface area contributed by atoms with Gasteiger partial charge in [0.25, 0.3) is 5.89 Å².